The molecule has 0 aliphatic rings. The maximum Gasteiger partial charge on any atom is 0.366 e. The van der Waals surface area contributed by atoms with E-state index < -0.39 is 0 Å². The fourth-order valence-electron chi connectivity index (χ4n) is 1.54. The van der Waals surface area contributed by atoms with Gasteiger partial charge in [-0.3, -0.25) is 4.79 Å². The molecule has 0 bridgehead atoms. The Morgan fingerprint density at radius 1 is 1.26 bits per heavy atom. The summed E-state index contributed by atoms with van der Waals surface area (Å²) in [6, 6.07) is 8.00. The van der Waals surface area contributed by atoms with Crippen LogP contribution in [0, 0.1) is 0 Å². The minimum Gasteiger partial charge on any atom is -0.460 e. The molecule has 0 amide bonds. The van der Waals surface area contributed by atoms with Crippen molar-refractivity contribution < 1.29 is 10.1 Å². The summed E-state index contributed by atoms with van der Waals surface area (Å²) in [6.45, 7) is 0.328. The number of H-pyrrole nitrogens is 1. The summed E-state index contributed by atoms with van der Waals surface area (Å²) in [6.07, 6.45) is 1.46. The van der Waals surface area contributed by atoms with Crippen LogP contribution >= 0.6 is 23.2 Å². The topological polar surface area (TPSA) is 67.1 Å². The van der Waals surface area contributed by atoms with Gasteiger partial charge in [0.1, 0.15) is 0 Å². The van der Waals surface area contributed by atoms with E-state index in [4.69, 9.17) is 23.2 Å². The molecule has 98 valence electrons. The second-order valence-electron chi connectivity index (χ2n) is 3.88. The van der Waals surface area contributed by atoms with Gasteiger partial charge >= 0.3 is 5.90 Å². The van der Waals surface area contributed by atoms with Crippen LogP contribution in [0.1, 0.15) is 11.1 Å². The summed E-state index contributed by atoms with van der Waals surface area (Å²) >= 11 is 11.8. The monoisotopic (exact) mass is 297 g/mol. The van der Waals surface area contributed by atoms with Crippen molar-refractivity contribution in [2.24, 2.45) is 0 Å². The number of rotatable bonds is 3. The summed E-state index contributed by atoms with van der Waals surface area (Å²) < 4.78 is 0. The molecule has 4 nitrogen and oxygen atoms in total. The van der Waals surface area contributed by atoms with E-state index in [1.807, 2.05) is 0 Å². The molecule has 0 radical (unpaired) electrons. The van der Waals surface area contributed by atoms with Crippen LogP contribution in [0.15, 0.2) is 41.3 Å². The first-order chi connectivity index (χ1) is 9.06. The Labute approximate surface area is 119 Å². The summed E-state index contributed by atoms with van der Waals surface area (Å²) in [5, 5.41) is 10.9. The lowest BCUT2D eigenvalue weighted by Gasteiger charge is -1.98. The van der Waals surface area contributed by atoms with Crippen LogP contribution in [0.5, 0.6) is 0 Å². The molecule has 0 aliphatic carbocycles. The van der Waals surface area contributed by atoms with Crippen molar-refractivity contribution in [2.75, 3.05) is 0 Å². The molecule has 0 spiro atoms. The molecule has 0 unspecified atom stereocenters. The zero-order valence-corrected chi connectivity index (χ0v) is 11.3. The predicted octanol–water partition coefficient (Wildman–Crippen LogP) is 1.27. The molecule has 2 rings (SSSR count). The van der Waals surface area contributed by atoms with Gasteiger partial charge in [0.15, 0.2) is 6.54 Å². The lowest BCUT2D eigenvalue weighted by molar-refractivity contribution is -0.483. The van der Waals surface area contributed by atoms with E-state index in [0.29, 0.717) is 22.2 Å². The van der Waals surface area contributed by atoms with Crippen molar-refractivity contribution in [2.45, 2.75) is 6.54 Å². The Bertz CT molecular complexity index is 680. The number of pyridine rings is 1. The van der Waals surface area contributed by atoms with Gasteiger partial charge in [-0.15, -0.1) is 0 Å². The second-order valence-corrected chi connectivity index (χ2v) is 4.72. The standard InChI is InChI=1S/C13H10Cl2N2O2/c14-10-2-1-9(11(15)6-10)7-17-13(19)8-3-4-16-12(18)5-8/h1-6H,7H2,(H,16,18)(H,17,19)/p+1. The molecule has 19 heavy (non-hydrogen) atoms. The molecule has 0 aliphatic heterocycles. The third-order valence-electron chi connectivity index (χ3n) is 2.51. The molecule has 1 aromatic heterocycles. The minimum absolute atomic E-state index is 0.0860. The lowest BCUT2D eigenvalue weighted by atomic mass is 10.2. The highest BCUT2D eigenvalue weighted by Crippen LogP contribution is 2.19. The molecule has 0 fully saturated rings. The zero-order chi connectivity index (χ0) is 13.8. The number of benzene rings is 1. The smallest absolute Gasteiger partial charge is 0.366 e. The number of hydrogen-bond donors (Lipinski definition) is 3. The van der Waals surface area contributed by atoms with Crippen LogP contribution in [0.25, 0.3) is 0 Å². The number of aromatic amines is 1. The molecule has 2 aromatic rings. The Morgan fingerprint density at radius 2 is 2.05 bits per heavy atom. The fourth-order valence-corrected chi connectivity index (χ4v) is 2.01. The summed E-state index contributed by atoms with van der Waals surface area (Å²) in [5.41, 5.74) is 0.923. The van der Waals surface area contributed by atoms with E-state index in [1.54, 1.807) is 24.3 Å². The summed E-state index contributed by atoms with van der Waals surface area (Å²) in [7, 11) is 0. The first kappa shape index (κ1) is 13.6. The van der Waals surface area contributed by atoms with E-state index in [1.165, 1.54) is 12.3 Å². The zero-order valence-electron chi connectivity index (χ0n) is 9.78. The van der Waals surface area contributed by atoms with E-state index in [0.717, 1.165) is 5.56 Å². The van der Waals surface area contributed by atoms with Gasteiger partial charge in [-0.25, -0.2) is 4.99 Å². The number of halogens is 2. The van der Waals surface area contributed by atoms with Crippen LogP contribution < -0.4 is 10.6 Å². The molecule has 6 heteroatoms. The minimum atomic E-state index is -0.282. The van der Waals surface area contributed by atoms with E-state index >= 15 is 0 Å². The highest BCUT2D eigenvalue weighted by Gasteiger charge is 2.09. The molecule has 3 N–H and O–H groups in total. The van der Waals surface area contributed by atoms with Crippen LogP contribution in [-0.2, 0) is 6.54 Å². The van der Waals surface area contributed by atoms with Crippen molar-refractivity contribution in [1.82, 2.24) is 4.98 Å². The van der Waals surface area contributed by atoms with Gasteiger partial charge in [0.2, 0.25) is 5.56 Å². The Hall–Kier alpha value is -1.78. The SMILES string of the molecule is O=c1cc(C(O)=[NH+]Cc2ccc(Cl)cc2Cl)cc[nH]1. The van der Waals surface area contributed by atoms with Crippen LogP contribution in [0.2, 0.25) is 10.0 Å². The van der Waals surface area contributed by atoms with Crippen molar-refractivity contribution in [3.8, 4) is 0 Å². The maximum absolute atomic E-state index is 11.1. The van der Waals surface area contributed by atoms with Crippen LogP contribution in [0.3, 0.4) is 0 Å². The molecular weight excluding hydrogens is 287 g/mol. The van der Waals surface area contributed by atoms with Crippen molar-refractivity contribution in [3.05, 3.63) is 68.1 Å². The fraction of sp³-hybridized carbons (Fsp3) is 0.0769. The lowest BCUT2D eigenvalue weighted by Crippen LogP contribution is -2.71. The first-order valence-electron chi connectivity index (χ1n) is 5.49. The predicted molar refractivity (Wildman–Crippen MR) is 74.9 cm³/mol. The van der Waals surface area contributed by atoms with E-state index in [9.17, 15) is 9.90 Å². The van der Waals surface area contributed by atoms with Crippen molar-refractivity contribution in [3.63, 3.8) is 0 Å². The quantitative estimate of drug-likeness (QED) is 0.590. The van der Waals surface area contributed by atoms with Crippen molar-refractivity contribution >= 4 is 29.1 Å². The van der Waals surface area contributed by atoms with E-state index in [-0.39, 0.29) is 11.5 Å². The first-order valence-corrected chi connectivity index (χ1v) is 6.24. The third kappa shape index (κ3) is 3.59. The van der Waals surface area contributed by atoms with Gasteiger partial charge in [0.25, 0.3) is 0 Å². The Balaban J connectivity index is 2.20. The summed E-state index contributed by atoms with van der Waals surface area (Å²) in [4.78, 5) is 16.4. The Morgan fingerprint density at radius 3 is 2.74 bits per heavy atom. The summed E-state index contributed by atoms with van der Waals surface area (Å²) in [5.74, 6) is -0.0860. The number of hydrogen-bond acceptors (Lipinski definition) is 1. The highest BCUT2D eigenvalue weighted by atomic mass is 35.5. The molecule has 0 saturated carbocycles. The normalized spacial score (nSPS) is 11.6. The highest BCUT2D eigenvalue weighted by molar-refractivity contribution is 6.35. The number of nitrogens with one attached hydrogen (secondary N) is 2. The van der Waals surface area contributed by atoms with Gasteiger partial charge < -0.3 is 10.1 Å². The van der Waals surface area contributed by atoms with Gasteiger partial charge in [-0.2, -0.15) is 0 Å². The number of aliphatic hydroxyl groups excluding tert-OH is 1. The van der Waals surface area contributed by atoms with E-state index in [2.05, 4.69) is 9.98 Å². The van der Waals surface area contributed by atoms with Crippen LogP contribution in [-0.4, -0.2) is 16.0 Å². The Kier molecular flexibility index (Phi) is 4.24. The van der Waals surface area contributed by atoms with Gasteiger partial charge in [0.05, 0.1) is 10.6 Å². The maximum atomic E-state index is 11.1. The molecule has 0 saturated heterocycles. The second kappa shape index (κ2) is 5.91. The number of aromatic nitrogens is 1. The molecule has 0 atom stereocenters. The third-order valence-corrected chi connectivity index (χ3v) is 3.10. The van der Waals surface area contributed by atoms with Gasteiger partial charge in [-0.05, 0) is 24.3 Å². The average molecular weight is 298 g/mol. The van der Waals surface area contributed by atoms with Gasteiger partial charge in [0, 0.05) is 22.8 Å². The van der Waals surface area contributed by atoms with Crippen molar-refractivity contribution in [1.29, 1.82) is 0 Å². The number of aliphatic hydroxyl groups is 1. The van der Waals surface area contributed by atoms with Gasteiger partial charge in [-0.1, -0.05) is 23.2 Å². The molecule has 1 heterocycles. The molecular formula is C13H11Cl2N2O2+. The largest absolute Gasteiger partial charge is 0.460 e. The molecule has 1 aromatic carbocycles. The average Bonchev–Trinajstić information content (AvgIpc) is 2.37. The van der Waals surface area contributed by atoms with Crippen LogP contribution in [0.4, 0.5) is 0 Å².